The summed E-state index contributed by atoms with van der Waals surface area (Å²) in [5.74, 6) is 1.85. The predicted octanol–water partition coefficient (Wildman–Crippen LogP) is 2.53. The monoisotopic (exact) mass is 211 g/mol. The van der Waals surface area contributed by atoms with E-state index < -0.39 is 0 Å². The summed E-state index contributed by atoms with van der Waals surface area (Å²) in [5.41, 5.74) is 0. The Morgan fingerprint density at radius 3 is 2.33 bits per heavy atom. The van der Waals surface area contributed by atoms with Gasteiger partial charge in [0.1, 0.15) is 0 Å². The molecule has 2 nitrogen and oxygen atoms in total. The largest absolute Gasteiger partial charge is 0.377 e. The van der Waals surface area contributed by atoms with Crippen LogP contribution in [0.25, 0.3) is 0 Å². The van der Waals surface area contributed by atoms with Crippen LogP contribution in [0.2, 0.25) is 0 Å². The number of ether oxygens (including phenoxy) is 1. The Kier molecular flexibility index (Phi) is 4.04. The summed E-state index contributed by atoms with van der Waals surface area (Å²) >= 11 is 0. The van der Waals surface area contributed by atoms with E-state index in [0.29, 0.717) is 6.10 Å². The summed E-state index contributed by atoms with van der Waals surface area (Å²) < 4.78 is 5.84. The number of hydrogen-bond acceptors (Lipinski definition) is 2. The molecule has 88 valence electrons. The van der Waals surface area contributed by atoms with Crippen LogP contribution in [-0.4, -0.2) is 37.2 Å². The van der Waals surface area contributed by atoms with Crippen LogP contribution in [-0.2, 0) is 4.74 Å². The van der Waals surface area contributed by atoms with Crippen LogP contribution in [0.15, 0.2) is 0 Å². The van der Waals surface area contributed by atoms with Crippen molar-refractivity contribution < 1.29 is 4.74 Å². The molecule has 1 heterocycles. The predicted molar refractivity (Wildman–Crippen MR) is 63.0 cm³/mol. The lowest BCUT2D eigenvalue weighted by Crippen LogP contribution is -2.37. The number of piperidine rings is 1. The number of rotatable bonds is 4. The third kappa shape index (κ3) is 3.46. The molecule has 0 N–H and O–H groups in total. The normalized spacial score (nSPS) is 34.0. The molecule has 1 saturated heterocycles. The van der Waals surface area contributed by atoms with Gasteiger partial charge in [-0.25, -0.2) is 0 Å². The number of likely N-dealkylation sites (tertiary alicyclic amines) is 1. The molecule has 1 aliphatic carbocycles. The third-order valence-corrected chi connectivity index (χ3v) is 3.97. The number of nitrogens with zero attached hydrogens (tertiary/aromatic N) is 1. The van der Waals surface area contributed by atoms with E-state index in [-0.39, 0.29) is 0 Å². The van der Waals surface area contributed by atoms with Crippen molar-refractivity contribution in [1.82, 2.24) is 4.90 Å². The molecule has 1 aliphatic heterocycles. The van der Waals surface area contributed by atoms with E-state index >= 15 is 0 Å². The summed E-state index contributed by atoms with van der Waals surface area (Å²) in [6.45, 7) is 9.34. The standard InChI is InChI=1S/C13H25NO/c1-11-3-5-14(6-4-11)7-8-15-13-9-12(2)10-13/h11-13H,3-10H2,1-2H3/t12-,13-. The molecule has 1 saturated carbocycles. The van der Waals surface area contributed by atoms with Crippen LogP contribution in [0, 0.1) is 11.8 Å². The van der Waals surface area contributed by atoms with Gasteiger partial charge < -0.3 is 9.64 Å². The SMILES string of the molecule is CC1CCN(CCO[C@H]2C[C@H](C)C2)CC1. The first-order chi connectivity index (χ1) is 7.24. The molecular formula is C13H25NO. The van der Waals surface area contributed by atoms with Gasteiger partial charge in [-0.15, -0.1) is 0 Å². The van der Waals surface area contributed by atoms with E-state index in [1.807, 2.05) is 0 Å². The minimum Gasteiger partial charge on any atom is -0.377 e. The average Bonchev–Trinajstić information content (AvgIpc) is 2.18. The van der Waals surface area contributed by atoms with Crippen LogP contribution >= 0.6 is 0 Å². The van der Waals surface area contributed by atoms with Gasteiger partial charge in [0.2, 0.25) is 0 Å². The highest BCUT2D eigenvalue weighted by atomic mass is 16.5. The zero-order chi connectivity index (χ0) is 10.7. The maximum absolute atomic E-state index is 5.84. The second-order valence-corrected chi connectivity index (χ2v) is 5.59. The van der Waals surface area contributed by atoms with Gasteiger partial charge in [0.15, 0.2) is 0 Å². The molecule has 0 atom stereocenters. The van der Waals surface area contributed by atoms with Crippen LogP contribution in [0.3, 0.4) is 0 Å². The minimum absolute atomic E-state index is 0.587. The van der Waals surface area contributed by atoms with Crippen LogP contribution in [0.5, 0.6) is 0 Å². The molecule has 0 unspecified atom stereocenters. The van der Waals surface area contributed by atoms with Gasteiger partial charge in [-0.3, -0.25) is 0 Å². The molecule has 2 aliphatic rings. The Bertz CT molecular complexity index is 181. The van der Waals surface area contributed by atoms with E-state index in [1.54, 1.807) is 0 Å². The Hall–Kier alpha value is -0.0800. The highest BCUT2D eigenvalue weighted by Gasteiger charge is 2.26. The van der Waals surface area contributed by atoms with Crippen LogP contribution < -0.4 is 0 Å². The lowest BCUT2D eigenvalue weighted by atomic mass is 9.84. The third-order valence-electron chi connectivity index (χ3n) is 3.97. The van der Waals surface area contributed by atoms with Crippen molar-refractivity contribution in [3.63, 3.8) is 0 Å². The molecule has 0 radical (unpaired) electrons. The fraction of sp³-hybridized carbons (Fsp3) is 1.00. The van der Waals surface area contributed by atoms with E-state index in [4.69, 9.17) is 4.74 Å². The van der Waals surface area contributed by atoms with Gasteiger partial charge >= 0.3 is 0 Å². The first kappa shape index (κ1) is 11.4. The van der Waals surface area contributed by atoms with E-state index in [1.165, 1.54) is 38.8 Å². The lowest BCUT2D eigenvalue weighted by Gasteiger charge is -2.34. The number of hydrogen-bond donors (Lipinski definition) is 0. The van der Waals surface area contributed by atoms with Crippen LogP contribution in [0.4, 0.5) is 0 Å². The first-order valence-electron chi connectivity index (χ1n) is 6.58. The van der Waals surface area contributed by atoms with Gasteiger partial charge in [-0.05, 0) is 50.6 Å². The zero-order valence-corrected chi connectivity index (χ0v) is 10.2. The highest BCUT2D eigenvalue weighted by Crippen LogP contribution is 2.29. The van der Waals surface area contributed by atoms with Crippen molar-refractivity contribution >= 4 is 0 Å². The maximum atomic E-state index is 5.84. The molecule has 0 amide bonds. The van der Waals surface area contributed by atoms with Crippen molar-refractivity contribution in [1.29, 1.82) is 0 Å². The molecule has 0 aromatic carbocycles. The van der Waals surface area contributed by atoms with Crippen molar-refractivity contribution in [2.75, 3.05) is 26.2 Å². The van der Waals surface area contributed by atoms with Crippen molar-refractivity contribution in [3.8, 4) is 0 Å². The Balaban J connectivity index is 1.51. The van der Waals surface area contributed by atoms with Gasteiger partial charge in [0.05, 0.1) is 12.7 Å². The molecule has 0 aromatic heterocycles. The quantitative estimate of drug-likeness (QED) is 0.708. The molecule has 0 spiro atoms. The van der Waals surface area contributed by atoms with Gasteiger partial charge in [0.25, 0.3) is 0 Å². The molecule has 15 heavy (non-hydrogen) atoms. The first-order valence-corrected chi connectivity index (χ1v) is 6.58. The van der Waals surface area contributed by atoms with Crippen LogP contribution in [0.1, 0.15) is 39.5 Å². The smallest absolute Gasteiger partial charge is 0.0597 e. The second kappa shape index (κ2) is 5.31. The molecule has 2 heteroatoms. The zero-order valence-electron chi connectivity index (χ0n) is 10.2. The van der Waals surface area contributed by atoms with Gasteiger partial charge in [-0.2, -0.15) is 0 Å². The highest BCUT2D eigenvalue weighted by molar-refractivity contribution is 4.77. The summed E-state index contributed by atoms with van der Waals surface area (Å²) in [7, 11) is 0. The average molecular weight is 211 g/mol. The Morgan fingerprint density at radius 1 is 1.07 bits per heavy atom. The van der Waals surface area contributed by atoms with E-state index in [2.05, 4.69) is 18.7 Å². The maximum Gasteiger partial charge on any atom is 0.0597 e. The molecule has 0 aromatic rings. The van der Waals surface area contributed by atoms with Crippen molar-refractivity contribution in [3.05, 3.63) is 0 Å². The summed E-state index contributed by atoms with van der Waals surface area (Å²) in [5, 5.41) is 0. The summed E-state index contributed by atoms with van der Waals surface area (Å²) in [4.78, 5) is 2.56. The Morgan fingerprint density at radius 2 is 1.73 bits per heavy atom. The molecule has 2 fully saturated rings. The van der Waals surface area contributed by atoms with E-state index in [9.17, 15) is 0 Å². The fourth-order valence-corrected chi connectivity index (χ4v) is 2.60. The minimum atomic E-state index is 0.587. The van der Waals surface area contributed by atoms with Crippen molar-refractivity contribution in [2.45, 2.75) is 45.6 Å². The molecule has 0 bridgehead atoms. The summed E-state index contributed by atoms with van der Waals surface area (Å²) in [6.07, 6.45) is 5.92. The van der Waals surface area contributed by atoms with Gasteiger partial charge in [-0.1, -0.05) is 13.8 Å². The fourth-order valence-electron chi connectivity index (χ4n) is 2.60. The van der Waals surface area contributed by atoms with Gasteiger partial charge in [0, 0.05) is 6.54 Å². The lowest BCUT2D eigenvalue weighted by molar-refractivity contribution is -0.0344. The topological polar surface area (TPSA) is 12.5 Å². The Labute approximate surface area is 94.0 Å². The summed E-state index contributed by atoms with van der Waals surface area (Å²) in [6, 6.07) is 0. The van der Waals surface area contributed by atoms with E-state index in [0.717, 1.165) is 25.0 Å². The van der Waals surface area contributed by atoms with Crippen molar-refractivity contribution in [2.24, 2.45) is 11.8 Å². The second-order valence-electron chi connectivity index (χ2n) is 5.59. The molecular weight excluding hydrogens is 186 g/mol. The molecule has 2 rings (SSSR count).